The SMILES string of the molecule is C.C.C.C.P.P.PP.PP.[3HH].[3HH].[3H][3H].[3H][3H]. The summed E-state index contributed by atoms with van der Waals surface area (Å²) in [5, 5.41) is 0. The van der Waals surface area contributed by atoms with Crippen LogP contribution in [0, 0.1) is 0 Å². The minimum Gasteiger partial charge on any atom is -0.153 e. The van der Waals surface area contributed by atoms with Gasteiger partial charge < -0.3 is 0 Å². The van der Waals surface area contributed by atoms with E-state index in [1.54, 1.807) is 0 Å². The van der Waals surface area contributed by atoms with Crippen molar-refractivity contribution in [3.05, 3.63) is 0 Å². The maximum atomic E-state index is 5.00. The van der Waals surface area contributed by atoms with Gasteiger partial charge in [0.15, 0.2) is 0 Å². The average Bonchev–Trinajstić information content (AvgIpc) is 2.03. The van der Waals surface area contributed by atoms with E-state index in [1.165, 1.54) is 0 Å². The first-order valence-corrected chi connectivity index (χ1v) is 6.00. The Morgan fingerprint density at radius 1 is 0.600 bits per heavy atom. The van der Waals surface area contributed by atoms with E-state index in [0.29, 0.717) is 0 Å². The summed E-state index contributed by atoms with van der Waals surface area (Å²) in [6, 6.07) is 0. The third kappa shape index (κ3) is 146. The third-order valence-corrected chi connectivity index (χ3v) is 0. The molecule has 0 aliphatic heterocycles. The quantitative estimate of drug-likeness (QED) is 0.552. The summed E-state index contributed by atoms with van der Waals surface area (Å²) < 4.78 is 20.0. The molecule has 0 saturated carbocycles. The highest BCUT2D eigenvalue weighted by Gasteiger charge is 0.884. The van der Waals surface area contributed by atoms with Gasteiger partial charge in [-0.25, -0.2) is 0 Å². The molecule has 0 spiro atoms. The van der Waals surface area contributed by atoms with Crippen LogP contribution in [0.25, 0.3) is 0 Å². The van der Waals surface area contributed by atoms with E-state index in [2.05, 4.69) is 35.7 Å². The first kappa shape index (κ1) is 39.0. The zero-order chi connectivity index (χ0) is 8.00. The molecular weight excluding hydrogens is 234 g/mol. The van der Waals surface area contributed by atoms with Gasteiger partial charge in [-0.3, -0.25) is 0 Å². The summed E-state index contributed by atoms with van der Waals surface area (Å²) >= 11 is 0. The number of hydrogen-bond donors (Lipinski definition) is 0. The zero-order valence-corrected chi connectivity index (χ0v) is 11.2. The molecule has 0 rings (SSSR count). The molecule has 0 aromatic rings. The lowest BCUT2D eigenvalue weighted by Gasteiger charge is -1.12. The maximum absolute atomic E-state index is 5.00. The van der Waals surface area contributed by atoms with Crippen LogP contribution in [0.3, 0.4) is 0 Å². The van der Waals surface area contributed by atoms with Crippen molar-refractivity contribution >= 4 is 55.5 Å². The lowest BCUT2D eigenvalue weighted by molar-refractivity contribution is 2.50. The summed E-state index contributed by atoms with van der Waals surface area (Å²) in [4.78, 5) is 0. The van der Waals surface area contributed by atoms with E-state index in [9.17, 15) is 0 Å². The topological polar surface area (TPSA) is 0 Å². The van der Waals surface area contributed by atoms with Crippen LogP contribution in [0.4, 0.5) is 0 Å². The molecule has 6 atom stereocenters. The van der Waals surface area contributed by atoms with E-state index in [1.807, 2.05) is 0 Å². The van der Waals surface area contributed by atoms with Crippen LogP contribution in [0.5, 0.6) is 0 Å². The van der Waals surface area contributed by atoms with Crippen LogP contribution in [0.2, 0.25) is 0 Å². The van der Waals surface area contributed by atoms with E-state index < -0.39 is 0 Å². The molecule has 0 bridgehead atoms. The molecule has 0 aromatic carbocycles. The third-order valence-electron chi connectivity index (χ3n) is 0. The molecule has 10 heavy (non-hydrogen) atoms. The Hall–Kier alpha value is 2.58. The van der Waals surface area contributed by atoms with E-state index >= 15 is 0 Å². The Labute approximate surface area is 94.6 Å². The van der Waals surface area contributed by atoms with Gasteiger partial charge in [0.25, 0.3) is 0 Å². The van der Waals surface area contributed by atoms with Gasteiger partial charge in [-0.15, -0.1) is 35.7 Å². The Kier molecular flexibility index (Phi) is 759. The molecule has 0 aliphatic rings. The van der Waals surface area contributed by atoms with Gasteiger partial charge in [0.1, 0.15) is 0 Å². The number of hydrogen-bond acceptors (Lipinski definition) is 0. The Morgan fingerprint density at radius 3 is 0.600 bits per heavy atom. The molecule has 0 fully saturated rings. The Bertz CT molecular complexity index is 25.0. The molecule has 0 heterocycles. The van der Waals surface area contributed by atoms with Crippen LogP contribution in [-0.2, 0) is 0 Å². The fourth-order valence-electron chi connectivity index (χ4n) is 0. The molecule has 0 N–H and O–H groups in total. The molecule has 0 aromatic heterocycles. The van der Waals surface area contributed by atoms with E-state index in [0.717, 1.165) is 0 Å². The first-order chi connectivity index (χ1) is 4.00. The Morgan fingerprint density at radius 2 is 0.600 bits per heavy atom. The van der Waals surface area contributed by atoms with E-state index in [4.69, 9.17) is 5.94 Å². The van der Waals surface area contributed by atoms with Gasteiger partial charge in [0.2, 0.25) is 0 Å². The predicted molar refractivity (Wildman–Crippen MR) is 96.4 cm³/mol. The van der Waals surface area contributed by atoms with Crippen molar-refractivity contribution in [3.8, 4) is 0 Å². The maximum Gasteiger partial charge on any atom is 0 e. The van der Waals surface area contributed by atoms with Crippen molar-refractivity contribution in [2.75, 3.05) is 0 Å². The summed E-state index contributed by atoms with van der Waals surface area (Å²) in [6.45, 7) is 0. The Balaban J connectivity index is -0.00000000114. The smallest absolute Gasteiger partial charge is 0 e. The second kappa shape index (κ2) is 195. The van der Waals surface area contributed by atoms with Crippen molar-refractivity contribution in [2.24, 2.45) is 0 Å². The highest BCUT2D eigenvalue weighted by Crippen LogP contribution is 1.86. The number of rotatable bonds is 0. The standard InChI is InChI=1S/4CH4.2H4P2.2H3P.4H2/c;;;;2*1-2;;;;;;/h4*1H4;2*1-2H2;2*1H3;4*1H/i;;;;;;;;2*1+2T;2*1+2. The van der Waals surface area contributed by atoms with Gasteiger partial charge in [-0.05, 0) is 0 Å². The van der Waals surface area contributed by atoms with Crippen molar-refractivity contribution in [1.82, 2.24) is 0 Å². The summed E-state index contributed by atoms with van der Waals surface area (Å²) in [6.07, 6.45) is 0. The summed E-state index contributed by atoms with van der Waals surface area (Å²) in [7, 11) is 9.33. The highest BCUT2D eigenvalue weighted by atomic mass is 32.0. The molecule has 0 saturated heterocycles. The molecule has 6 heteroatoms. The summed E-state index contributed by atoms with van der Waals surface area (Å²) in [5.41, 5.74) is 0. The van der Waals surface area contributed by atoms with Crippen LogP contribution < -0.4 is 0 Å². The molecule has 0 amide bonds. The predicted octanol–water partition coefficient (Wildman–Crippen LogP) is 4.95. The monoisotopic (exact) mass is 284 g/mol. The van der Waals surface area contributed by atoms with Gasteiger partial charge in [-0.2, -0.15) is 19.8 Å². The minimum atomic E-state index is 0. The van der Waals surface area contributed by atoms with Crippen molar-refractivity contribution in [3.63, 3.8) is 0 Å². The normalized spacial score (nSPS) is 2.80. The van der Waals surface area contributed by atoms with Crippen LogP contribution in [-0.4, -0.2) is 0 Å². The van der Waals surface area contributed by atoms with Gasteiger partial charge in [-0.1, -0.05) is 29.7 Å². The molecule has 0 aliphatic carbocycles. The second-order valence-corrected chi connectivity index (χ2v) is 0. The largest absolute Gasteiger partial charge is 0.153 e. The fraction of sp³-hybridized carbons (Fsp3) is 1.00. The van der Waals surface area contributed by atoms with Crippen LogP contribution >= 0.6 is 55.5 Å². The minimum absolute atomic E-state index is 0. The summed E-state index contributed by atoms with van der Waals surface area (Å²) in [5.74, 6) is 0. The van der Waals surface area contributed by atoms with Gasteiger partial charge in [0, 0.05) is 8.79 Å². The van der Waals surface area contributed by atoms with Gasteiger partial charge >= 0.3 is 0 Å². The van der Waals surface area contributed by atoms with Gasteiger partial charge in [0.05, 0.1) is 0 Å². The molecule has 6 unspecified atom stereocenters. The molecule has 0 radical (unpaired) electrons. The van der Waals surface area contributed by atoms with Crippen molar-refractivity contribution < 1.29 is 8.79 Å². The zero-order valence-electron chi connectivity index (χ0n) is 7.72. The van der Waals surface area contributed by atoms with Crippen LogP contribution in [0.15, 0.2) is 0 Å². The van der Waals surface area contributed by atoms with Crippen LogP contribution in [0.1, 0.15) is 38.5 Å². The van der Waals surface area contributed by atoms with Crippen molar-refractivity contribution in [2.45, 2.75) is 29.7 Å². The molecule has 0 nitrogen and oxygen atoms in total. The first-order valence-electron chi connectivity index (χ1n) is 2.67. The lowest BCUT2D eigenvalue weighted by atomic mass is 12.0. The molecular formula is C4H38P6. The lowest BCUT2D eigenvalue weighted by Crippen LogP contribution is -0.139. The fourth-order valence-corrected chi connectivity index (χ4v) is 0. The van der Waals surface area contributed by atoms with E-state index in [-0.39, 0.29) is 52.4 Å². The highest BCUT2D eigenvalue weighted by molar-refractivity contribution is 7.92. The molecule has 84 valence electrons. The van der Waals surface area contributed by atoms with Crippen molar-refractivity contribution in [1.29, 1.82) is 0 Å². The second-order valence-electron chi connectivity index (χ2n) is 0. The average molecular weight is 284 g/mol.